The van der Waals surface area contributed by atoms with Crippen LogP contribution in [0.4, 0.5) is 0 Å². The van der Waals surface area contributed by atoms with Gasteiger partial charge in [0.1, 0.15) is 5.75 Å². The Morgan fingerprint density at radius 3 is 2.21 bits per heavy atom. The first kappa shape index (κ1) is 16.0. The van der Waals surface area contributed by atoms with E-state index in [2.05, 4.69) is 39.1 Å². The maximum Gasteiger partial charge on any atom is 0.122 e. The third-order valence-corrected chi connectivity index (χ3v) is 3.61. The van der Waals surface area contributed by atoms with E-state index < -0.39 is 6.10 Å². The lowest BCUT2D eigenvalue weighted by Gasteiger charge is -2.27. The molecule has 0 amide bonds. The number of benzene rings is 1. The summed E-state index contributed by atoms with van der Waals surface area (Å²) >= 11 is 0. The minimum absolute atomic E-state index is 0.0495. The van der Waals surface area contributed by atoms with Crippen molar-refractivity contribution < 1.29 is 9.84 Å². The smallest absolute Gasteiger partial charge is 0.122 e. The van der Waals surface area contributed by atoms with E-state index in [1.807, 2.05) is 19.2 Å². The van der Waals surface area contributed by atoms with Gasteiger partial charge in [-0.15, -0.1) is 0 Å². The van der Waals surface area contributed by atoms with Crippen LogP contribution < -0.4 is 10.1 Å². The van der Waals surface area contributed by atoms with Gasteiger partial charge in [-0.1, -0.05) is 33.8 Å². The Hall–Kier alpha value is -1.06. The van der Waals surface area contributed by atoms with E-state index in [1.165, 1.54) is 0 Å². The summed E-state index contributed by atoms with van der Waals surface area (Å²) < 4.78 is 5.38. The Morgan fingerprint density at radius 1 is 1.16 bits per heavy atom. The van der Waals surface area contributed by atoms with Crippen molar-refractivity contribution >= 4 is 0 Å². The summed E-state index contributed by atoms with van der Waals surface area (Å²) in [7, 11) is 3.57. The number of hydrogen-bond acceptors (Lipinski definition) is 3. The first-order valence-electron chi connectivity index (χ1n) is 6.95. The van der Waals surface area contributed by atoms with Gasteiger partial charge in [0.2, 0.25) is 0 Å². The molecular weight excluding hydrogens is 238 g/mol. The van der Waals surface area contributed by atoms with Crippen LogP contribution in [-0.4, -0.2) is 25.3 Å². The van der Waals surface area contributed by atoms with Gasteiger partial charge in [-0.3, -0.25) is 0 Å². The molecule has 0 saturated heterocycles. The fourth-order valence-corrected chi connectivity index (χ4v) is 2.45. The lowest BCUT2D eigenvalue weighted by Crippen LogP contribution is -2.36. The Labute approximate surface area is 117 Å². The molecule has 108 valence electrons. The summed E-state index contributed by atoms with van der Waals surface area (Å²) in [6.45, 7) is 8.48. The molecule has 0 bridgehead atoms. The van der Waals surface area contributed by atoms with Crippen molar-refractivity contribution in [3.05, 3.63) is 29.3 Å². The Kier molecular flexibility index (Phi) is 5.83. The maximum absolute atomic E-state index is 10.5. The topological polar surface area (TPSA) is 41.5 Å². The lowest BCUT2D eigenvalue weighted by atomic mass is 9.90. The molecule has 0 aromatic heterocycles. The third-order valence-electron chi connectivity index (χ3n) is 3.61. The molecule has 3 nitrogen and oxygen atoms in total. The highest BCUT2D eigenvalue weighted by Crippen LogP contribution is 2.31. The molecule has 3 heteroatoms. The molecule has 0 radical (unpaired) electrons. The molecular formula is C16H27NO2. The van der Waals surface area contributed by atoms with Crippen LogP contribution in [0.15, 0.2) is 18.2 Å². The molecule has 0 saturated carbocycles. The molecule has 0 heterocycles. The van der Waals surface area contributed by atoms with Crippen molar-refractivity contribution in [3.8, 4) is 5.75 Å². The standard InChI is InChI=1S/C16H27NO2/c1-10(2)13-9-12(7-8-14(13)19-6)16(18)15(17-5)11(3)4/h7-11,15-18H,1-6H3. The van der Waals surface area contributed by atoms with E-state index in [0.29, 0.717) is 11.8 Å². The van der Waals surface area contributed by atoms with Gasteiger partial charge in [0.15, 0.2) is 0 Å². The van der Waals surface area contributed by atoms with Crippen LogP contribution in [0.25, 0.3) is 0 Å². The Bertz CT molecular complexity index is 402. The third kappa shape index (κ3) is 3.71. The number of aliphatic hydroxyl groups excluding tert-OH is 1. The van der Waals surface area contributed by atoms with Gasteiger partial charge >= 0.3 is 0 Å². The number of rotatable bonds is 6. The van der Waals surface area contributed by atoms with Gasteiger partial charge in [0, 0.05) is 6.04 Å². The molecule has 0 aliphatic rings. The van der Waals surface area contributed by atoms with E-state index >= 15 is 0 Å². The van der Waals surface area contributed by atoms with E-state index in [4.69, 9.17) is 4.74 Å². The van der Waals surface area contributed by atoms with Crippen molar-refractivity contribution in [1.29, 1.82) is 0 Å². The number of aliphatic hydroxyl groups is 1. The fraction of sp³-hybridized carbons (Fsp3) is 0.625. The molecule has 2 atom stereocenters. The van der Waals surface area contributed by atoms with E-state index in [1.54, 1.807) is 7.11 Å². The van der Waals surface area contributed by atoms with E-state index in [9.17, 15) is 5.11 Å². The summed E-state index contributed by atoms with van der Waals surface area (Å²) in [5.41, 5.74) is 2.08. The maximum atomic E-state index is 10.5. The van der Waals surface area contributed by atoms with Gasteiger partial charge in [-0.25, -0.2) is 0 Å². The first-order valence-corrected chi connectivity index (χ1v) is 6.95. The summed E-state index contributed by atoms with van der Waals surface area (Å²) in [4.78, 5) is 0. The number of nitrogens with one attached hydrogen (secondary N) is 1. The number of ether oxygens (including phenoxy) is 1. The molecule has 1 aromatic carbocycles. The average molecular weight is 265 g/mol. The molecule has 0 aliphatic carbocycles. The monoisotopic (exact) mass is 265 g/mol. The molecule has 0 aliphatic heterocycles. The highest BCUT2D eigenvalue weighted by molar-refractivity contribution is 5.40. The molecule has 1 rings (SSSR count). The second-order valence-corrected chi connectivity index (χ2v) is 5.66. The van der Waals surface area contributed by atoms with Crippen LogP contribution in [0.1, 0.15) is 50.8 Å². The molecule has 1 aromatic rings. The van der Waals surface area contributed by atoms with Gasteiger partial charge in [0.05, 0.1) is 13.2 Å². The first-order chi connectivity index (χ1) is 8.92. The van der Waals surface area contributed by atoms with Gasteiger partial charge in [-0.2, -0.15) is 0 Å². The van der Waals surface area contributed by atoms with Crippen LogP contribution in [-0.2, 0) is 0 Å². The second kappa shape index (κ2) is 6.92. The number of likely N-dealkylation sites (N-methyl/N-ethyl adjacent to an activating group) is 1. The molecule has 0 spiro atoms. The van der Waals surface area contributed by atoms with Gasteiger partial charge in [0.25, 0.3) is 0 Å². The highest BCUT2D eigenvalue weighted by atomic mass is 16.5. The molecule has 2 N–H and O–H groups in total. The van der Waals surface area contributed by atoms with Crippen molar-refractivity contribution in [3.63, 3.8) is 0 Å². The van der Waals surface area contributed by atoms with Crippen LogP contribution in [0, 0.1) is 5.92 Å². The molecule has 2 unspecified atom stereocenters. The highest BCUT2D eigenvalue weighted by Gasteiger charge is 2.23. The molecule has 19 heavy (non-hydrogen) atoms. The average Bonchev–Trinajstić information content (AvgIpc) is 2.38. The zero-order chi connectivity index (χ0) is 14.6. The minimum Gasteiger partial charge on any atom is -0.496 e. The fourth-order valence-electron chi connectivity index (χ4n) is 2.45. The Balaban J connectivity index is 3.10. The zero-order valence-electron chi connectivity index (χ0n) is 12.9. The predicted octanol–water partition coefficient (Wildman–Crippen LogP) is 3.10. The zero-order valence-corrected chi connectivity index (χ0v) is 12.9. The summed E-state index contributed by atoms with van der Waals surface area (Å²) in [5.74, 6) is 1.62. The Morgan fingerprint density at radius 2 is 1.79 bits per heavy atom. The van der Waals surface area contributed by atoms with Crippen molar-refractivity contribution in [2.45, 2.75) is 45.8 Å². The normalized spacial score (nSPS) is 14.8. The van der Waals surface area contributed by atoms with Crippen molar-refractivity contribution in [1.82, 2.24) is 5.32 Å². The van der Waals surface area contributed by atoms with Crippen LogP contribution in [0.2, 0.25) is 0 Å². The van der Waals surface area contributed by atoms with Crippen LogP contribution >= 0.6 is 0 Å². The summed E-state index contributed by atoms with van der Waals surface area (Å²) in [5, 5.41) is 13.7. The lowest BCUT2D eigenvalue weighted by molar-refractivity contribution is 0.109. The summed E-state index contributed by atoms with van der Waals surface area (Å²) in [6.07, 6.45) is -0.506. The summed E-state index contributed by atoms with van der Waals surface area (Å²) in [6, 6.07) is 6.00. The number of methoxy groups -OCH3 is 1. The van der Waals surface area contributed by atoms with E-state index in [-0.39, 0.29) is 6.04 Å². The molecule has 0 fully saturated rings. The quantitative estimate of drug-likeness (QED) is 0.830. The number of hydrogen-bond donors (Lipinski definition) is 2. The largest absolute Gasteiger partial charge is 0.496 e. The van der Waals surface area contributed by atoms with Crippen molar-refractivity contribution in [2.24, 2.45) is 5.92 Å². The van der Waals surface area contributed by atoms with Crippen molar-refractivity contribution in [2.75, 3.05) is 14.2 Å². The van der Waals surface area contributed by atoms with Gasteiger partial charge in [-0.05, 0) is 42.1 Å². The van der Waals surface area contributed by atoms with Gasteiger partial charge < -0.3 is 15.2 Å². The second-order valence-electron chi connectivity index (χ2n) is 5.66. The van der Waals surface area contributed by atoms with E-state index in [0.717, 1.165) is 16.9 Å². The SMILES string of the molecule is CNC(C(C)C)C(O)c1ccc(OC)c(C(C)C)c1. The minimum atomic E-state index is -0.506. The predicted molar refractivity (Wildman–Crippen MR) is 79.7 cm³/mol. The van der Waals surface area contributed by atoms with Crippen LogP contribution in [0.5, 0.6) is 5.75 Å². The van der Waals surface area contributed by atoms with Crippen LogP contribution in [0.3, 0.4) is 0 Å².